The summed E-state index contributed by atoms with van der Waals surface area (Å²) in [6.45, 7) is 6.27. The molecule has 2 heterocycles. The standard InChI is InChI=1S/C28H32F2N6O/c1-18(2)36-27-22(16-33-36)21(28(37)32-15-23-24(29)9-6-10-25(23)30)14-26(34-27)20-8-5-7-19(13-20)17-35(4)12-11-31-3/h5-10,13-14,16,18,31H,11-12,15,17H2,1-4H3,(H,32,37). The Kier molecular flexibility index (Phi) is 8.25. The average Bonchev–Trinajstić information content (AvgIpc) is 3.31. The van der Waals surface area contributed by atoms with E-state index in [0.717, 1.165) is 30.8 Å². The van der Waals surface area contributed by atoms with Gasteiger partial charge >= 0.3 is 0 Å². The third-order valence-electron chi connectivity index (χ3n) is 6.21. The van der Waals surface area contributed by atoms with Crippen molar-refractivity contribution in [2.75, 3.05) is 27.2 Å². The van der Waals surface area contributed by atoms with Gasteiger partial charge in [0.25, 0.3) is 5.91 Å². The summed E-state index contributed by atoms with van der Waals surface area (Å²) in [5.74, 6) is -1.86. The van der Waals surface area contributed by atoms with Gasteiger partial charge in [-0.05, 0) is 57.8 Å². The van der Waals surface area contributed by atoms with E-state index in [9.17, 15) is 13.6 Å². The van der Waals surface area contributed by atoms with Crippen LogP contribution in [0.2, 0.25) is 0 Å². The van der Waals surface area contributed by atoms with Crippen molar-refractivity contribution in [2.45, 2.75) is 33.0 Å². The van der Waals surface area contributed by atoms with Gasteiger partial charge in [0.15, 0.2) is 5.65 Å². The maximum Gasteiger partial charge on any atom is 0.252 e. The summed E-state index contributed by atoms with van der Waals surface area (Å²) in [6.07, 6.45) is 1.61. The second-order valence-corrected chi connectivity index (χ2v) is 9.40. The van der Waals surface area contributed by atoms with Gasteiger partial charge in [-0.1, -0.05) is 24.3 Å². The van der Waals surface area contributed by atoms with Gasteiger partial charge in [-0.25, -0.2) is 18.4 Å². The van der Waals surface area contributed by atoms with Crippen molar-refractivity contribution in [1.82, 2.24) is 30.3 Å². The lowest BCUT2D eigenvalue weighted by molar-refractivity contribution is 0.0952. The number of rotatable bonds is 10. The maximum atomic E-state index is 14.1. The predicted molar refractivity (Wildman–Crippen MR) is 141 cm³/mol. The molecule has 37 heavy (non-hydrogen) atoms. The molecule has 0 radical (unpaired) electrons. The number of carbonyl (C=O) groups is 1. The Labute approximate surface area is 215 Å². The van der Waals surface area contributed by atoms with Crippen LogP contribution in [0.5, 0.6) is 0 Å². The van der Waals surface area contributed by atoms with Gasteiger partial charge in [0, 0.05) is 43.3 Å². The SMILES string of the molecule is CNCCN(C)Cc1cccc(-c2cc(C(=O)NCc3c(F)cccc3F)c3cnn(C(C)C)c3n2)c1. The van der Waals surface area contributed by atoms with Crippen LogP contribution in [0.25, 0.3) is 22.3 Å². The molecular weight excluding hydrogens is 474 g/mol. The lowest BCUT2D eigenvalue weighted by Crippen LogP contribution is -2.26. The van der Waals surface area contributed by atoms with Crippen molar-refractivity contribution in [2.24, 2.45) is 0 Å². The van der Waals surface area contributed by atoms with Gasteiger partial charge in [-0.2, -0.15) is 5.10 Å². The van der Waals surface area contributed by atoms with Crippen molar-refractivity contribution in [3.8, 4) is 11.3 Å². The Balaban J connectivity index is 1.70. The largest absolute Gasteiger partial charge is 0.348 e. The molecule has 194 valence electrons. The quantitative estimate of drug-likeness (QED) is 0.330. The van der Waals surface area contributed by atoms with Crippen LogP contribution >= 0.6 is 0 Å². The first-order valence-corrected chi connectivity index (χ1v) is 12.3. The van der Waals surface area contributed by atoms with Gasteiger partial charge in [0.1, 0.15) is 11.6 Å². The summed E-state index contributed by atoms with van der Waals surface area (Å²) in [5, 5.41) is 10.8. The van der Waals surface area contributed by atoms with Crippen LogP contribution in [0, 0.1) is 11.6 Å². The number of likely N-dealkylation sites (N-methyl/N-ethyl adjacent to an activating group) is 2. The van der Waals surface area contributed by atoms with Crippen LogP contribution in [-0.4, -0.2) is 52.8 Å². The summed E-state index contributed by atoms with van der Waals surface area (Å²) >= 11 is 0. The molecule has 0 spiro atoms. The van der Waals surface area contributed by atoms with Gasteiger partial charge in [0.2, 0.25) is 0 Å². The molecule has 0 aliphatic rings. The highest BCUT2D eigenvalue weighted by Gasteiger charge is 2.20. The number of benzene rings is 2. The van der Waals surface area contributed by atoms with Gasteiger partial charge in [-0.3, -0.25) is 4.79 Å². The minimum absolute atomic E-state index is 0.0239. The number of halogens is 2. The molecule has 0 atom stereocenters. The van der Waals surface area contributed by atoms with E-state index in [-0.39, 0.29) is 18.2 Å². The number of aromatic nitrogens is 3. The molecular formula is C28H32F2N6O. The average molecular weight is 507 g/mol. The maximum absolute atomic E-state index is 14.1. The van der Waals surface area contributed by atoms with Gasteiger partial charge in [0.05, 0.1) is 22.8 Å². The molecule has 0 saturated heterocycles. The minimum atomic E-state index is -0.704. The molecule has 2 aromatic heterocycles. The van der Waals surface area contributed by atoms with Crippen molar-refractivity contribution in [3.05, 3.63) is 83.1 Å². The molecule has 9 heteroatoms. The lowest BCUT2D eigenvalue weighted by Gasteiger charge is -2.17. The van der Waals surface area contributed by atoms with E-state index < -0.39 is 17.5 Å². The van der Waals surface area contributed by atoms with Crippen LogP contribution < -0.4 is 10.6 Å². The van der Waals surface area contributed by atoms with Crippen LogP contribution in [0.1, 0.15) is 41.4 Å². The molecule has 4 rings (SSSR count). The van der Waals surface area contributed by atoms with Crippen molar-refractivity contribution >= 4 is 16.9 Å². The van der Waals surface area contributed by atoms with E-state index in [4.69, 9.17) is 4.98 Å². The number of hydrogen-bond donors (Lipinski definition) is 2. The van der Waals surface area contributed by atoms with E-state index in [1.165, 1.54) is 18.2 Å². The molecule has 0 aliphatic carbocycles. The highest BCUT2D eigenvalue weighted by Crippen LogP contribution is 2.27. The molecule has 7 nitrogen and oxygen atoms in total. The molecule has 0 bridgehead atoms. The van der Waals surface area contributed by atoms with Crippen LogP contribution in [0.4, 0.5) is 8.78 Å². The number of nitrogens with one attached hydrogen (secondary N) is 2. The fourth-order valence-electron chi connectivity index (χ4n) is 4.22. The predicted octanol–water partition coefficient (Wildman–Crippen LogP) is 4.54. The normalized spacial score (nSPS) is 11.6. The van der Waals surface area contributed by atoms with E-state index in [2.05, 4.69) is 39.8 Å². The van der Waals surface area contributed by atoms with Gasteiger partial charge in [-0.15, -0.1) is 0 Å². The summed E-state index contributed by atoms with van der Waals surface area (Å²) in [5.41, 5.74) is 3.35. The first-order chi connectivity index (χ1) is 17.8. The Hall–Kier alpha value is -3.69. The molecule has 0 saturated carbocycles. The number of hydrogen-bond acceptors (Lipinski definition) is 5. The van der Waals surface area contributed by atoms with Crippen LogP contribution in [-0.2, 0) is 13.1 Å². The number of fused-ring (bicyclic) bond motifs is 1. The minimum Gasteiger partial charge on any atom is -0.348 e. The van der Waals surface area contributed by atoms with Crippen LogP contribution in [0.3, 0.4) is 0 Å². The van der Waals surface area contributed by atoms with Crippen molar-refractivity contribution < 1.29 is 13.6 Å². The summed E-state index contributed by atoms with van der Waals surface area (Å²) in [6, 6.07) is 13.4. The zero-order valence-corrected chi connectivity index (χ0v) is 21.6. The van der Waals surface area contributed by atoms with Crippen LogP contribution in [0.15, 0.2) is 54.7 Å². The Morgan fingerprint density at radius 3 is 2.54 bits per heavy atom. The molecule has 4 aromatic rings. The smallest absolute Gasteiger partial charge is 0.252 e. The molecule has 0 fully saturated rings. The summed E-state index contributed by atoms with van der Waals surface area (Å²) in [7, 11) is 4.00. The van der Waals surface area contributed by atoms with Gasteiger partial charge < -0.3 is 15.5 Å². The number of pyridine rings is 1. The molecule has 2 N–H and O–H groups in total. The Bertz CT molecular complexity index is 1380. The summed E-state index contributed by atoms with van der Waals surface area (Å²) < 4.78 is 30.0. The number of amides is 1. The zero-order chi connectivity index (χ0) is 26.5. The summed E-state index contributed by atoms with van der Waals surface area (Å²) in [4.78, 5) is 20.4. The van der Waals surface area contributed by atoms with E-state index in [0.29, 0.717) is 22.3 Å². The fourth-order valence-corrected chi connectivity index (χ4v) is 4.22. The second-order valence-electron chi connectivity index (χ2n) is 9.40. The second kappa shape index (κ2) is 11.6. The molecule has 0 unspecified atom stereocenters. The zero-order valence-electron chi connectivity index (χ0n) is 21.6. The number of nitrogens with zero attached hydrogens (tertiary/aromatic N) is 4. The Morgan fingerprint density at radius 2 is 1.84 bits per heavy atom. The Morgan fingerprint density at radius 1 is 1.11 bits per heavy atom. The third kappa shape index (κ3) is 6.00. The third-order valence-corrected chi connectivity index (χ3v) is 6.21. The molecule has 2 aromatic carbocycles. The number of carbonyl (C=O) groups excluding carboxylic acids is 1. The highest BCUT2D eigenvalue weighted by atomic mass is 19.1. The fraction of sp³-hybridized carbons (Fsp3) is 0.321. The molecule has 1 amide bonds. The first kappa shape index (κ1) is 26.4. The van der Waals surface area contributed by atoms with Crippen molar-refractivity contribution in [3.63, 3.8) is 0 Å². The van der Waals surface area contributed by atoms with E-state index >= 15 is 0 Å². The van der Waals surface area contributed by atoms with E-state index in [1.54, 1.807) is 16.9 Å². The highest BCUT2D eigenvalue weighted by molar-refractivity contribution is 6.06. The lowest BCUT2D eigenvalue weighted by atomic mass is 10.0. The first-order valence-electron chi connectivity index (χ1n) is 12.3. The monoisotopic (exact) mass is 506 g/mol. The van der Waals surface area contributed by atoms with E-state index in [1.807, 2.05) is 33.0 Å². The molecule has 0 aliphatic heterocycles. The topological polar surface area (TPSA) is 75.1 Å². The van der Waals surface area contributed by atoms with Crippen molar-refractivity contribution in [1.29, 1.82) is 0 Å².